The average Bonchev–Trinajstić information content (AvgIpc) is 2.40. The van der Waals surface area contributed by atoms with Crippen LogP contribution in [0.25, 0.3) is 0 Å². The maximum absolute atomic E-state index is 10.2. The van der Waals surface area contributed by atoms with E-state index < -0.39 is 20.2 Å². The van der Waals surface area contributed by atoms with Gasteiger partial charge in [-0.15, -0.1) is 0 Å². The molecule has 0 saturated carbocycles. The zero-order chi connectivity index (χ0) is 15.2. The second-order valence-electron chi connectivity index (χ2n) is 3.29. The molecule has 0 aliphatic rings. The van der Waals surface area contributed by atoms with Crippen LogP contribution in [-0.4, -0.2) is 35.9 Å². The van der Waals surface area contributed by atoms with Gasteiger partial charge in [0, 0.05) is 24.8 Å². The van der Waals surface area contributed by atoms with Crippen molar-refractivity contribution >= 4 is 20.2 Å². The van der Waals surface area contributed by atoms with Crippen LogP contribution in [0.4, 0.5) is 0 Å². The van der Waals surface area contributed by atoms with E-state index in [0.717, 1.165) is 12.4 Å². The molecule has 0 aliphatic heterocycles. The van der Waals surface area contributed by atoms with Gasteiger partial charge in [-0.05, 0) is 24.3 Å². The topological polar surface area (TPSA) is 272 Å². The van der Waals surface area contributed by atoms with Crippen LogP contribution in [0.2, 0.25) is 0 Å². The Morgan fingerprint density at radius 2 is 0.960 bits per heavy atom. The molecule has 148 valence electrons. The fourth-order valence-electron chi connectivity index (χ4n) is 0.990. The molecule has 15 heteroatoms. The molecule has 12 N–H and O–H groups in total. The van der Waals surface area contributed by atoms with Crippen LogP contribution in [0.5, 0.6) is 0 Å². The smallest absolute Gasteiger partial charge is 0.744 e. The van der Waals surface area contributed by atoms with Crippen molar-refractivity contribution in [3.05, 3.63) is 49.1 Å². The Balaban J connectivity index is -0.0000000889. The second-order valence-corrected chi connectivity index (χ2v) is 6.05. The summed E-state index contributed by atoms with van der Waals surface area (Å²) in [6.07, 6.45) is 4.83. The summed E-state index contributed by atoms with van der Waals surface area (Å²) in [6.45, 7) is 0. The monoisotopic (exact) mass is 450 g/mol. The first-order chi connectivity index (χ1) is 9.21. The minimum Gasteiger partial charge on any atom is -0.744 e. The van der Waals surface area contributed by atoms with E-state index in [0.29, 0.717) is 0 Å². The van der Waals surface area contributed by atoms with Crippen molar-refractivity contribution in [3.63, 3.8) is 0 Å². The standard InChI is InChI=1S/2C5H5NO3S.Ni.4H2O/c2*7-10(8,9)5-2-1-3-6-4-5;;;;;/h2*1-4H,(H,7,8,9);;4*1H2/q;;+2;;;;/p+2. The molecular weight excluding hydrogens is 431 g/mol. The third kappa shape index (κ3) is 13.4. The fraction of sp³-hybridized carbons (Fsp3) is 0. The summed E-state index contributed by atoms with van der Waals surface area (Å²) in [4.78, 5) is 6.35. The molecule has 0 saturated heterocycles. The minimum absolute atomic E-state index is 0. The van der Waals surface area contributed by atoms with E-state index in [1.807, 2.05) is 0 Å². The third-order valence-electron chi connectivity index (χ3n) is 1.85. The van der Waals surface area contributed by atoms with Crippen molar-refractivity contribution in [3.8, 4) is 0 Å². The first-order valence-electron chi connectivity index (χ1n) is 4.93. The van der Waals surface area contributed by atoms with Gasteiger partial charge < -0.3 is 31.0 Å². The normalized spacial score (nSPS) is 9.04. The van der Waals surface area contributed by atoms with Gasteiger partial charge in [0.25, 0.3) is 0 Å². The van der Waals surface area contributed by atoms with Crippen LogP contribution in [0.3, 0.4) is 0 Å². The summed E-state index contributed by atoms with van der Waals surface area (Å²) in [6, 6.07) is 5.19. The number of aromatic nitrogens is 2. The largest absolute Gasteiger partial charge is 2.00 e. The van der Waals surface area contributed by atoms with Crippen LogP contribution >= 0.6 is 0 Å². The van der Waals surface area contributed by atoms with Gasteiger partial charge in [0.1, 0.15) is 20.2 Å². The first kappa shape index (κ1) is 34.7. The summed E-state index contributed by atoms with van der Waals surface area (Å²) in [7, 11) is -8.63. The van der Waals surface area contributed by atoms with Crippen LogP contribution in [0.15, 0.2) is 58.8 Å². The number of pyridine rings is 2. The van der Waals surface area contributed by atoms with E-state index in [1.165, 1.54) is 36.7 Å². The van der Waals surface area contributed by atoms with Crippen molar-refractivity contribution < 1.29 is 64.3 Å². The third-order valence-corrected chi connectivity index (χ3v) is 3.48. The van der Waals surface area contributed by atoms with E-state index in [2.05, 4.69) is 9.97 Å². The number of hydrogen-bond acceptors (Lipinski definition) is 8. The quantitative estimate of drug-likeness (QED) is 0.248. The van der Waals surface area contributed by atoms with Crippen LogP contribution in [0.1, 0.15) is 0 Å². The summed E-state index contributed by atoms with van der Waals surface area (Å²) in [5, 5.41) is 0. The second kappa shape index (κ2) is 14.8. The minimum atomic E-state index is -4.32. The predicted octanol–water partition coefficient (Wildman–Crippen LogP) is -3.72. The van der Waals surface area contributed by atoms with Crippen molar-refractivity contribution in [1.29, 1.82) is 0 Å². The molecule has 0 unspecified atom stereocenters. The first-order valence-corrected chi connectivity index (χ1v) is 7.75. The van der Waals surface area contributed by atoms with Crippen molar-refractivity contribution in [2.75, 3.05) is 0 Å². The van der Waals surface area contributed by atoms with Crippen molar-refractivity contribution in [1.82, 2.24) is 9.97 Å². The maximum Gasteiger partial charge on any atom is 2.00 e. The van der Waals surface area contributed by atoms with E-state index in [9.17, 15) is 25.9 Å². The van der Waals surface area contributed by atoms with Crippen molar-refractivity contribution in [2.45, 2.75) is 9.79 Å². The van der Waals surface area contributed by atoms with Gasteiger partial charge in [-0.25, -0.2) is 16.8 Å². The molecule has 12 nitrogen and oxygen atoms in total. The molecule has 2 heterocycles. The zero-order valence-electron chi connectivity index (χ0n) is 12.4. The molecule has 0 radical (unpaired) electrons. The van der Waals surface area contributed by atoms with Crippen molar-refractivity contribution in [2.24, 2.45) is 0 Å². The Bertz CT molecular complexity index is 689. The Kier molecular flexibility index (Phi) is 20.5. The van der Waals surface area contributed by atoms with Gasteiger partial charge in [-0.2, -0.15) is 0 Å². The molecule has 25 heavy (non-hydrogen) atoms. The van der Waals surface area contributed by atoms with Gasteiger partial charge in [-0.3, -0.25) is 9.97 Å². The molecule has 0 fully saturated rings. The molecule has 0 bridgehead atoms. The molecule has 0 aliphatic carbocycles. The van der Waals surface area contributed by atoms with E-state index in [4.69, 9.17) is 0 Å². The number of nitrogens with zero attached hydrogens (tertiary/aromatic N) is 2. The molecule has 0 spiro atoms. The van der Waals surface area contributed by atoms with Gasteiger partial charge in [0.15, 0.2) is 0 Å². The summed E-state index contributed by atoms with van der Waals surface area (Å²) < 4.78 is 61.4. The Hall–Kier alpha value is -1.55. The average molecular weight is 451 g/mol. The van der Waals surface area contributed by atoms with E-state index in [1.54, 1.807) is 0 Å². The van der Waals surface area contributed by atoms with Crippen LogP contribution in [-0.2, 0) is 58.6 Å². The van der Waals surface area contributed by atoms with E-state index in [-0.39, 0.29) is 48.2 Å². The zero-order valence-corrected chi connectivity index (χ0v) is 15.0. The molecular formula is C10H20N2NiO10S2+4. The van der Waals surface area contributed by atoms with Gasteiger partial charge >= 0.3 is 16.5 Å². The fourth-order valence-corrected chi connectivity index (χ4v) is 1.86. The molecule has 0 amide bonds. The van der Waals surface area contributed by atoms with Gasteiger partial charge in [0.2, 0.25) is 0 Å². The summed E-state index contributed by atoms with van der Waals surface area (Å²) in [5.41, 5.74) is 0. The summed E-state index contributed by atoms with van der Waals surface area (Å²) in [5.74, 6) is 0. The molecule has 0 aromatic carbocycles. The maximum atomic E-state index is 10.2. The van der Waals surface area contributed by atoms with Crippen LogP contribution < -0.4 is 0 Å². The Labute approximate surface area is 153 Å². The predicted molar refractivity (Wildman–Crippen MR) is 83.9 cm³/mol. The summed E-state index contributed by atoms with van der Waals surface area (Å²) >= 11 is 0. The molecule has 2 rings (SSSR count). The molecule has 2 aromatic heterocycles. The van der Waals surface area contributed by atoms with Gasteiger partial charge in [0.05, 0.1) is 9.79 Å². The Morgan fingerprint density at radius 3 is 1.08 bits per heavy atom. The number of hydrogen-bond donors (Lipinski definition) is 0. The van der Waals surface area contributed by atoms with Gasteiger partial charge in [-0.1, -0.05) is 0 Å². The SMILES string of the molecule is O=S(=O)([O-])c1cccnc1.O=S(=O)([O-])c1cccnc1.[Ni+2].[OH3+].[OH3+].[OH3+].[OH3+]. The molecule has 0 atom stereocenters. The van der Waals surface area contributed by atoms with Crippen LogP contribution in [0, 0.1) is 0 Å². The Morgan fingerprint density at radius 1 is 0.680 bits per heavy atom. The molecule has 2 aromatic rings. The van der Waals surface area contributed by atoms with E-state index >= 15 is 0 Å². The number of rotatable bonds is 2.